The molecule has 1 rings (SSSR count). The standard InChI is InChI=1S/C14H26N2O3/c1-10(11(2)15)13(19)16-9-14(8-12(17)18)6-4-3-5-7-14/h10-11H,3-9,15H2,1-2H3,(H,16,19)(H,17,18). The first-order valence-corrected chi connectivity index (χ1v) is 7.11. The maximum atomic E-state index is 11.9. The molecule has 5 heteroatoms. The lowest BCUT2D eigenvalue weighted by atomic mass is 9.71. The van der Waals surface area contributed by atoms with Crippen LogP contribution in [0.3, 0.4) is 0 Å². The number of nitrogens with one attached hydrogen (secondary N) is 1. The van der Waals surface area contributed by atoms with Crippen LogP contribution in [0.5, 0.6) is 0 Å². The van der Waals surface area contributed by atoms with Crippen LogP contribution >= 0.6 is 0 Å². The SMILES string of the molecule is CC(N)C(C)C(=O)NCC1(CC(=O)O)CCCCC1. The van der Waals surface area contributed by atoms with Crippen molar-refractivity contribution in [1.82, 2.24) is 5.32 Å². The highest BCUT2D eigenvalue weighted by atomic mass is 16.4. The molecule has 5 nitrogen and oxygen atoms in total. The van der Waals surface area contributed by atoms with Crippen molar-refractivity contribution in [3.8, 4) is 0 Å². The van der Waals surface area contributed by atoms with E-state index >= 15 is 0 Å². The van der Waals surface area contributed by atoms with Crippen molar-refractivity contribution >= 4 is 11.9 Å². The minimum Gasteiger partial charge on any atom is -0.481 e. The van der Waals surface area contributed by atoms with Crippen LogP contribution in [0.4, 0.5) is 0 Å². The van der Waals surface area contributed by atoms with Crippen molar-refractivity contribution in [3.63, 3.8) is 0 Å². The summed E-state index contributed by atoms with van der Waals surface area (Å²) in [7, 11) is 0. The molecule has 1 saturated carbocycles. The number of hydrogen-bond acceptors (Lipinski definition) is 3. The number of aliphatic carboxylic acids is 1. The van der Waals surface area contributed by atoms with Gasteiger partial charge in [0.1, 0.15) is 0 Å². The lowest BCUT2D eigenvalue weighted by Crippen LogP contribution is -2.45. The maximum absolute atomic E-state index is 11.9. The largest absolute Gasteiger partial charge is 0.481 e. The molecule has 2 unspecified atom stereocenters. The van der Waals surface area contributed by atoms with E-state index in [0.717, 1.165) is 32.1 Å². The zero-order valence-corrected chi connectivity index (χ0v) is 11.9. The Labute approximate surface area is 114 Å². The molecule has 0 radical (unpaired) electrons. The van der Waals surface area contributed by atoms with Crippen LogP contribution in [0.1, 0.15) is 52.4 Å². The van der Waals surface area contributed by atoms with Gasteiger partial charge >= 0.3 is 5.97 Å². The Kier molecular flexibility index (Phi) is 5.79. The number of amides is 1. The number of nitrogens with two attached hydrogens (primary N) is 1. The van der Waals surface area contributed by atoms with Gasteiger partial charge in [-0.05, 0) is 25.2 Å². The third-order valence-corrected chi connectivity index (χ3v) is 4.28. The van der Waals surface area contributed by atoms with Crippen molar-refractivity contribution in [2.24, 2.45) is 17.1 Å². The smallest absolute Gasteiger partial charge is 0.303 e. The topological polar surface area (TPSA) is 92.4 Å². The molecule has 1 aliphatic carbocycles. The highest BCUT2D eigenvalue weighted by molar-refractivity contribution is 5.79. The van der Waals surface area contributed by atoms with E-state index < -0.39 is 5.97 Å². The van der Waals surface area contributed by atoms with Gasteiger partial charge in [-0.25, -0.2) is 0 Å². The fraction of sp³-hybridized carbons (Fsp3) is 0.857. The van der Waals surface area contributed by atoms with Crippen LogP contribution < -0.4 is 11.1 Å². The van der Waals surface area contributed by atoms with E-state index in [1.54, 1.807) is 13.8 Å². The fourth-order valence-corrected chi connectivity index (χ4v) is 2.71. The monoisotopic (exact) mass is 270 g/mol. The fourth-order valence-electron chi connectivity index (χ4n) is 2.71. The Morgan fingerprint density at radius 3 is 2.32 bits per heavy atom. The van der Waals surface area contributed by atoms with E-state index in [2.05, 4.69) is 5.32 Å². The van der Waals surface area contributed by atoms with Crippen molar-refractivity contribution in [1.29, 1.82) is 0 Å². The third kappa shape index (κ3) is 4.82. The molecule has 0 aromatic heterocycles. The molecule has 0 aliphatic heterocycles. The molecule has 2 atom stereocenters. The number of carboxylic acid groups (broad SMARTS) is 1. The minimum absolute atomic E-state index is 0.0784. The molecule has 110 valence electrons. The van der Waals surface area contributed by atoms with Crippen LogP contribution in [-0.4, -0.2) is 29.6 Å². The van der Waals surface area contributed by atoms with E-state index in [1.807, 2.05) is 0 Å². The van der Waals surface area contributed by atoms with Gasteiger partial charge in [0.25, 0.3) is 0 Å². The number of carboxylic acids is 1. The molecule has 1 aliphatic rings. The van der Waals surface area contributed by atoms with Crippen molar-refractivity contribution in [2.45, 2.75) is 58.4 Å². The molecule has 0 aromatic carbocycles. The number of carbonyl (C=O) groups excluding carboxylic acids is 1. The molecule has 0 saturated heterocycles. The van der Waals surface area contributed by atoms with E-state index in [-0.39, 0.29) is 29.7 Å². The predicted octanol–water partition coefficient (Wildman–Crippen LogP) is 1.51. The number of hydrogen-bond donors (Lipinski definition) is 3. The summed E-state index contributed by atoms with van der Waals surface area (Å²) in [6.07, 6.45) is 5.15. The van der Waals surface area contributed by atoms with E-state index in [0.29, 0.717) is 6.54 Å². The molecule has 0 heterocycles. The van der Waals surface area contributed by atoms with Gasteiger partial charge in [0, 0.05) is 18.5 Å². The highest BCUT2D eigenvalue weighted by Gasteiger charge is 2.35. The summed E-state index contributed by atoms with van der Waals surface area (Å²) in [5.74, 6) is -1.10. The quantitative estimate of drug-likeness (QED) is 0.682. The predicted molar refractivity (Wildman–Crippen MR) is 73.6 cm³/mol. The van der Waals surface area contributed by atoms with Gasteiger partial charge in [0.2, 0.25) is 5.91 Å². The van der Waals surface area contributed by atoms with Crippen LogP contribution in [0.2, 0.25) is 0 Å². The normalized spacial score (nSPS) is 21.4. The molecule has 4 N–H and O–H groups in total. The number of rotatable bonds is 6. The zero-order valence-electron chi connectivity index (χ0n) is 11.9. The van der Waals surface area contributed by atoms with Crippen LogP contribution in [0, 0.1) is 11.3 Å². The Balaban J connectivity index is 2.58. The van der Waals surface area contributed by atoms with Gasteiger partial charge in [0.15, 0.2) is 0 Å². The second-order valence-corrected chi connectivity index (χ2v) is 6.00. The first-order valence-electron chi connectivity index (χ1n) is 7.11. The first-order chi connectivity index (χ1) is 8.86. The first kappa shape index (κ1) is 16.0. The minimum atomic E-state index is -0.781. The van der Waals surface area contributed by atoms with Crippen LogP contribution in [0.15, 0.2) is 0 Å². The number of carbonyl (C=O) groups is 2. The molecule has 19 heavy (non-hydrogen) atoms. The van der Waals surface area contributed by atoms with Gasteiger partial charge < -0.3 is 16.2 Å². The average molecular weight is 270 g/mol. The molecule has 0 aromatic rings. The zero-order chi connectivity index (χ0) is 14.5. The summed E-state index contributed by atoms with van der Waals surface area (Å²) in [4.78, 5) is 22.9. The summed E-state index contributed by atoms with van der Waals surface area (Å²) < 4.78 is 0. The van der Waals surface area contributed by atoms with Gasteiger partial charge in [-0.15, -0.1) is 0 Å². The maximum Gasteiger partial charge on any atom is 0.303 e. The van der Waals surface area contributed by atoms with Gasteiger partial charge in [0.05, 0.1) is 6.42 Å². The van der Waals surface area contributed by atoms with Crippen LogP contribution in [-0.2, 0) is 9.59 Å². The average Bonchev–Trinajstić information content (AvgIpc) is 2.35. The second kappa shape index (κ2) is 6.89. The van der Waals surface area contributed by atoms with Gasteiger partial charge in [-0.1, -0.05) is 26.2 Å². The second-order valence-electron chi connectivity index (χ2n) is 6.00. The summed E-state index contributed by atoms with van der Waals surface area (Å²) in [5.41, 5.74) is 5.44. The molecule has 1 amide bonds. The molecule has 1 fully saturated rings. The molecular weight excluding hydrogens is 244 g/mol. The Morgan fingerprint density at radius 2 is 1.84 bits per heavy atom. The van der Waals surface area contributed by atoms with Gasteiger partial charge in [-0.3, -0.25) is 9.59 Å². The van der Waals surface area contributed by atoms with E-state index in [9.17, 15) is 9.59 Å². The summed E-state index contributed by atoms with van der Waals surface area (Å²) in [6.45, 7) is 4.05. The molecule has 0 spiro atoms. The van der Waals surface area contributed by atoms with Gasteiger partial charge in [-0.2, -0.15) is 0 Å². The lowest BCUT2D eigenvalue weighted by Gasteiger charge is -2.36. The lowest BCUT2D eigenvalue weighted by molar-refractivity contribution is -0.141. The van der Waals surface area contributed by atoms with Crippen molar-refractivity contribution in [3.05, 3.63) is 0 Å². The Bertz CT molecular complexity index is 323. The summed E-state index contributed by atoms with van der Waals surface area (Å²) in [6, 6.07) is -0.193. The third-order valence-electron chi connectivity index (χ3n) is 4.28. The van der Waals surface area contributed by atoms with Crippen molar-refractivity contribution in [2.75, 3.05) is 6.54 Å². The van der Waals surface area contributed by atoms with E-state index in [1.165, 1.54) is 0 Å². The molecular formula is C14H26N2O3. The van der Waals surface area contributed by atoms with Crippen LogP contribution in [0.25, 0.3) is 0 Å². The molecule has 0 bridgehead atoms. The Morgan fingerprint density at radius 1 is 1.26 bits per heavy atom. The van der Waals surface area contributed by atoms with E-state index in [4.69, 9.17) is 10.8 Å². The summed E-state index contributed by atoms with van der Waals surface area (Å²) >= 11 is 0. The highest BCUT2D eigenvalue weighted by Crippen LogP contribution is 2.38. The Hall–Kier alpha value is -1.10. The van der Waals surface area contributed by atoms with Crippen molar-refractivity contribution < 1.29 is 14.7 Å². The summed E-state index contributed by atoms with van der Waals surface area (Å²) in [5, 5.41) is 12.0.